The van der Waals surface area contributed by atoms with Gasteiger partial charge in [0.15, 0.2) is 0 Å². The molecule has 0 aliphatic heterocycles. The van der Waals surface area contributed by atoms with E-state index in [-0.39, 0.29) is 5.30 Å². The summed E-state index contributed by atoms with van der Waals surface area (Å²) in [7, 11) is 4.26. The van der Waals surface area contributed by atoms with Crippen LogP contribution in [-0.2, 0) is 6.42 Å². The fourth-order valence-electron chi connectivity index (χ4n) is 2.02. The van der Waals surface area contributed by atoms with E-state index < -0.39 is 0 Å². The first kappa shape index (κ1) is 14.0. The number of fused-ring (bicyclic) bond motifs is 1. The highest BCUT2D eigenvalue weighted by molar-refractivity contribution is 8.12. The molecule has 102 valence electrons. The Kier molecular flexibility index (Phi) is 4.50. The zero-order chi connectivity index (χ0) is 13.8. The maximum Gasteiger partial charge on any atom is 0.372 e. The Labute approximate surface area is 117 Å². The minimum absolute atomic E-state index is 0.280. The molecule has 0 fully saturated rings. The maximum absolute atomic E-state index is 11.5. The average Bonchev–Trinajstić information content (AvgIpc) is 2.80. The van der Waals surface area contributed by atoms with E-state index in [0.29, 0.717) is 5.75 Å². The number of ether oxygens (including phenoxy) is 1. The third kappa shape index (κ3) is 3.30. The minimum Gasteiger partial charge on any atom is -0.418 e. The highest BCUT2D eigenvalue weighted by Gasteiger charge is 2.13. The van der Waals surface area contributed by atoms with Crippen molar-refractivity contribution in [3.05, 3.63) is 30.0 Å². The molecule has 0 atom stereocenters. The van der Waals surface area contributed by atoms with Gasteiger partial charge in [-0.25, -0.2) is 4.79 Å². The summed E-state index contributed by atoms with van der Waals surface area (Å²) in [5.41, 5.74) is 2.20. The number of likely N-dealkylation sites (N-methyl/N-ethyl adjacent to an activating group) is 1. The van der Waals surface area contributed by atoms with Crippen LogP contribution in [0, 0.1) is 0 Å². The van der Waals surface area contributed by atoms with E-state index >= 15 is 0 Å². The van der Waals surface area contributed by atoms with Crippen LogP contribution in [0.25, 0.3) is 10.9 Å². The summed E-state index contributed by atoms with van der Waals surface area (Å²) < 4.78 is 5.38. The quantitative estimate of drug-likeness (QED) is 0.838. The molecule has 0 bridgehead atoms. The van der Waals surface area contributed by atoms with Crippen LogP contribution in [0.1, 0.15) is 5.56 Å². The predicted octanol–water partition coefficient (Wildman–Crippen LogP) is 1.72. The zero-order valence-electron chi connectivity index (χ0n) is 11.4. The Hall–Kier alpha value is -1.46. The summed E-state index contributed by atoms with van der Waals surface area (Å²) in [6.07, 6.45) is 4.68. The monoisotopic (exact) mass is 279 g/mol. The lowest BCUT2D eigenvalue weighted by Crippen LogP contribution is -3.05. The average molecular weight is 279 g/mol. The van der Waals surface area contributed by atoms with Gasteiger partial charge >= 0.3 is 5.30 Å². The van der Waals surface area contributed by atoms with Crippen LogP contribution in [0.5, 0.6) is 5.75 Å². The number of aromatic nitrogens is 1. The standard InChI is InChI=1S/C14H18N2O2S/c1-16(2)8-7-10-9-15-11-5-4-6-12(13(10)11)18-14(17)19-3/h4-6,9,15H,7-8H2,1-3H3/p+1. The van der Waals surface area contributed by atoms with E-state index in [0.717, 1.165) is 35.6 Å². The van der Waals surface area contributed by atoms with Crippen LogP contribution in [0.15, 0.2) is 24.4 Å². The highest BCUT2D eigenvalue weighted by Crippen LogP contribution is 2.29. The number of carbonyl (C=O) groups is 1. The SMILES string of the molecule is CSC(=O)Oc1cccc2[nH]cc(CC[NH+](C)C)c12. The maximum atomic E-state index is 11.5. The van der Waals surface area contributed by atoms with Crippen LogP contribution in [-0.4, -0.2) is 37.2 Å². The third-order valence-corrected chi connectivity index (χ3v) is 3.42. The first-order valence-corrected chi connectivity index (χ1v) is 7.48. The summed E-state index contributed by atoms with van der Waals surface area (Å²) in [5.74, 6) is 0.641. The van der Waals surface area contributed by atoms with Gasteiger partial charge in [-0.15, -0.1) is 0 Å². The highest BCUT2D eigenvalue weighted by atomic mass is 32.2. The summed E-state index contributed by atoms with van der Waals surface area (Å²) in [5, 5.41) is 0.740. The Morgan fingerprint density at radius 3 is 2.89 bits per heavy atom. The van der Waals surface area contributed by atoms with Crippen molar-refractivity contribution in [2.45, 2.75) is 6.42 Å². The molecule has 1 aromatic carbocycles. The topological polar surface area (TPSA) is 46.5 Å². The Morgan fingerprint density at radius 1 is 1.42 bits per heavy atom. The largest absolute Gasteiger partial charge is 0.418 e. The molecule has 0 aliphatic rings. The second kappa shape index (κ2) is 6.12. The van der Waals surface area contributed by atoms with Gasteiger partial charge < -0.3 is 14.6 Å². The molecule has 0 saturated heterocycles. The summed E-state index contributed by atoms with van der Waals surface area (Å²) >= 11 is 1.08. The van der Waals surface area contributed by atoms with E-state index in [4.69, 9.17) is 4.74 Å². The van der Waals surface area contributed by atoms with Crippen molar-refractivity contribution in [1.82, 2.24) is 4.98 Å². The van der Waals surface area contributed by atoms with Gasteiger partial charge in [0.25, 0.3) is 0 Å². The van der Waals surface area contributed by atoms with Crippen LogP contribution < -0.4 is 9.64 Å². The number of quaternary nitrogens is 1. The van der Waals surface area contributed by atoms with Gasteiger partial charge in [-0.2, -0.15) is 0 Å². The lowest BCUT2D eigenvalue weighted by Gasteiger charge is -2.08. The molecule has 2 N–H and O–H groups in total. The molecule has 0 unspecified atom stereocenters. The molecule has 0 aliphatic carbocycles. The zero-order valence-corrected chi connectivity index (χ0v) is 12.3. The summed E-state index contributed by atoms with van der Waals surface area (Å²) in [6, 6.07) is 5.73. The third-order valence-electron chi connectivity index (χ3n) is 3.00. The number of carbonyl (C=O) groups excluding carboxylic acids is 1. The number of rotatable bonds is 4. The van der Waals surface area contributed by atoms with E-state index in [9.17, 15) is 4.79 Å². The number of aromatic amines is 1. The number of thioether (sulfide) groups is 1. The van der Waals surface area contributed by atoms with E-state index in [1.165, 1.54) is 10.5 Å². The Morgan fingerprint density at radius 2 is 2.21 bits per heavy atom. The van der Waals surface area contributed by atoms with Crippen LogP contribution in [0.4, 0.5) is 4.79 Å². The fraction of sp³-hybridized carbons (Fsp3) is 0.357. The molecule has 0 spiro atoms. The smallest absolute Gasteiger partial charge is 0.372 e. The molecule has 19 heavy (non-hydrogen) atoms. The minimum atomic E-state index is -0.280. The van der Waals surface area contributed by atoms with Gasteiger partial charge in [0.2, 0.25) is 0 Å². The number of benzene rings is 1. The molecule has 2 rings (SSSR count). The van der Waals surface area contributed by atoms with Crippen molar-refractivity contribution in [2.24, 2.45) is 0 Å². The predicted molar refractivity (Wildman–Crippen MR) is 79.2 cm³/mol. The molecule has 1 aromatic heterocycles. The molecule has 0 saturated carbocycles. The van der Waals surface area contributed by atoms with Crippen molar-refractivity contribution in [3.8, 4) is 5.75 Å². The van der Waals surface area contributed by atoms with Gasteiger partial charge in [-0.1, -0.05) is 6.07 Å². The van der Waals surface area contributed by atoms with E-state index in [1.807, 2.05) is 24.4 Å². The Bertz CT molecular complexity index is 578. The van der Waals surface area contributed by atoms with Gasteiger partial charge in [0, 0.05) is 23.5 Å². The second-order valence-corrected chi connectivity index (χ2v) is 5.50. The molecule has 5 heteroatoms. The first-order valence-electron chi connectivity index (χ1n) is 6.25. The summed E-state index contributed by atoms with van der Waals surface area (Å²) in [6.45, 7) is 1.04. The molecule has 2 aromatic rings. The molecule has 1 heterocycles. The molecule has 0 amide bonds. The molecule has 4 nitrogen and oxygen atoms in total. The Balaban J connectivity index is 2.34. The van der Waals surface area contributed by atoms with Crippen LogP contribution >= 0.6 is 11.8 Å². The van der Waals surface area contributed by atoms with Gasteiger partial charge in [0.05, 0.1) is 20.6 Å². The van der Waals surface area contributed by atoms with E-state index in [2.05, 4.69) is 19.1 Å². The van der Waals surface area contributed by atoms with Crippen LogP contribution in [0.2, 0.25) is 0 Å². The van der Waals surface area contributed by atoms with Gasteiger partial charge in [0.1, 0.15) is 5.75 Å². The molecule has 0 radical (unpaired) electrons. The fourth-order valence-corrected chi connectivity index (χ4v) is 2.19. The molecular weight excluding hydrogens is 260 g/mol. The number of nitrogens with one attached hydrogen (secondary N) is 2. The van der Waals surface area contributed by atoms with Gasteiger partial charge in [-0.3, -0.25) is 0 Å². The lowest BCUT2D eigenvalue weighted by atomic mass is 10.1. The van der Waals surface area contributed by atoms with E-state index in [1.54, 1.807) is 6.26 Å². The van der Waals surface area contributed by atoms with Crippen LogP contribution in [0.3, 0.4) is 0 Å². The van der Waals surface area contributed by atoms with Gasteiger partial charge in [-0.05, 0) is 35.7 Å². The molecular formula is C14H19N2O2S+. The van der Waals surface area contributed by atoms with Crippen molar-refractivity contribution in [1.29, 1.82) is 0 Å². The normalized spacial score (nSPS) is 11.2. The van der Waals surface area contributed by atoms with Crippen molar-refractivity contribution >= 4 is 28.0 Å². The number of hydrogen-bond donors (Lipinski definition) is 2. The first-order chi connectivity index (χ1) is 9.11. The second-order valence-electron chi connectivity index (χ2n) is 4.76. The van der Waals surface area contributed by atoms with Crippen molar-refractivity contribution in [2.75, 3.05) is 26.9 Å². The lowest BCUT2D eigenvalue weighted by molar-refractivity contribution is -0.858. The summed E-state index contributed by atoms with van der Waals surface area (Å²) in [4.78, 5) is 16.1. The number of hydrogen-bond acceptors (Lipinski definition) is 3. The van der Waals surface area contributed by atoms with Crippen molar-refractivity contribution in [3.63, 3.8) is 0 Å². The van der Waals surface area contributed by atoms with Crippen molar-refractivity contribution < 1.29 is 14.4 Å². The number of H-pyrrole nitrogens is 1.